The number of benzene rings is 2. The Morgan fingerprint density at radius 3 is 2.23 bits per heavy atom. The maximum atomic E-state index is 12.5. The molecule has 0 bridgehead atoms. The number of hydrogen-bond acceptors (Lipinski definition) is 5. The molecule has 0 atom stereocenters. The van der Waals surface area contributed by atoms with E-state index in [1.54, 1.807) is 0 Å². The summed E-state index contributed by atoms with van der Waals surface area (Å²) in [5.41, 5.74) is 6.18. The molecule has 1 aliphatic carbocycles. The molecule has 0 radical (unpaired) electrons. The van der Waals surface area contributed by atoms with Gasteiger partial charge in [0, 0.05) is 21.2 Å². The molecule has 6 nitrogen and oxygen atoms in total. The maximum absolute atomic E-state index is 12.5. The van der Waals surface area contributed by atoms with Crippen molar-refractivity contribution >= 4 is 43.3 Å². The van der Waals surface area contributed by atoms with E-state index in [4.69, 9.17) is 10.3 Å². The topological polar surface area (TPSA) is 115 Å². The van der Waals surface area contributed by atoms with E-state index in [1.807, 2.05) is 0 Å². The van der Waals surface area contributed by atoms with Crippen LogP contribution in [0.2, 0.25) is 0 Å². The first kappa shape index (κ1) is 14.9. The second kappa shape index (κ2) is 4.73. The van der Waals surface area contributed by atoms with E-state index in [1.165, 1.54) is 18.2 Å². The first-order chi connectivity index (χ1) is 10.2. The zero-order valence-electron chi connectivity index (χ0n) is 10.8. The van der Waals surface area contributed by atoms with Crippen molar-refractivity contribution in [2.75, 3.05) is 5.73 Å². The van der Waals surface area contributed by atoms with Crippen LogP contribution in [0.1, 0.15) is 31.8 Å². The Hall–Kier alpha value is -2.03. The quantitative estimate of drug-likeness (QED) is 0.492. The SMILES string of the molecule is Nc1c(Br)ccc2c1C(=O)c1ccc(S(=O)(=O)O)cc1C2=O. The Balaban J connectivity index is 2.31. The minimum Gasteiger partial charge on any atom is -0.397 e. The Bertz CT molecular complexity index is 965. The van der Waals surface area contributed by atoms with Crippen LogP contribution in [-0.2, 0) is 10.1 Å². The van der Waals surface area contributed by atoms with Gasteiger partial charge in [0.25, 0.3) is 10.1 Å². The second-order valence-corrected chi connectivity index (χ2v) is 7.00. The number of hydrogen-bond donors (Lipinski definition) is 2. The van der Waals surface area contributed by atoms with E-state index in [9.17, 15) is 18.0 Å². The van der Waals surface area contributed by atoms with Gasteiger partial charge in [-0.25, -0.2) is 0 Å². The standard InChI is InChI=1S/C14H8BrNO5S/c15-10-4-3-8-11(12(10)16)14(18)7-2-1-6(22(19,20)21)5-9(7)13(8)17/h1-5H,16H2,(H,19,20,21). The smallest absolute Gasteiger partial charge is 0.294 e. The fourth-order valence-corrected chi connectivity index (χ4v) is 3.21. The summed E-state index contributed by atoms with van der Waals surface area (Å²) in [5.74, 6) is -0.986. The van der Waals surface area contributed by atoms with Crippen molar-refractivity contribution < 1.29 is 22.6 Å². The highest BCUT2D eigenvalue weighted by atomic mass is 79.9. The van der Waals surface area contributed by atoms with E-state index >= 15 is 0 Å². The number of nitrogen functional groups attached to an aromatic ring is 1. The van der Waals surface area contributed by atoms with Crippen molar-refractivity contribution in [3.8, 4) is 0 Å². The van der Waals surface area contributed by atoms with Crippen LogP contribution in [0.5, 0.6) is 0 Å². The predicted molar refractivity (Wildman–Crippen MR) is 81.7 cm³/mol. The third-order valence-electron chi connectivity index (χ3n) is 3.44. The first-order valence-corrected chi connectivity index (χ1v) is 8.24. The highest BCUT2D eigenvalue weighted by molar-refractivity contribution is 9.10. The lowest BCUT2D eigenvalue weighted by atomic mass is 9.83. The van der Waals surface area contributed by atoms with Gasteiger partial charge in [0.2, 0.25) is 0 Å². The summed E-state index contributed by atoms with van der Waals surface area (Å²) < 4.78 is 31.9. The molecule has 0 aromatic heterocycles. The molecule has 112 valence electrons. The molecular weight excluding hydrogens is 374 g/mol. The zero-order valence-corrected chi connectivity index (χ0v) is 13.2. The summed E-state index contributed by atoms with van der Waals surface area (Å²) in [6.07, 6.45) is 0. The van der Waals surface area contributed by atoms with Gasteiger partial charge in [-0.2, -0.15) is 8.42 Å². The zero-order chi connectivity index (χ0) is 16.2. The summed E-state index contributed by atoms with van der Waals surface area (Å²) in [6, 6.07) is 6.24. The molecule has 0 saturated carbocycles. The third-order valence-corrected chi connectivity index (χ3v) is 4.98. The van der Waals surface area contributed by atoms with Crippen molar-refractivity contribution in [3.63, 3.8) is 0 Å². The monoisotopic (exact) mass is 381 g/mol. The van der Waals surface area contributed by atoms with Crippen molar-refractivity contribution in [1.82, 2.24) is 0 Å². The van der Waals surface area contributed by atoms with E-state index in [0.717, 1.165) is 12.1 Å². The number of fused-ring (bicyclic) bond motifs is 2. The van der Waals surface area contributed by atoms with Crippen molar-refractivity contribution in [3.05, 3.63) is 57.1 Å². The summed E-state index contributed by atoms with van der Waals surface area (Å²) in [4.78, 5) is 24.6. The molecule has 0 fully saturated rings. The second-order valence-electron chi connectivity index (χ2n) is 4.72. The Morgan fingerprint density at radius 1 is 0.955 bits per heavy atom. The normalized spacial score (nSPS) is 13.7. The Morgan fingerprint density at radius 2 is 1.59 bits per heavy atom. The lowest BCUT2D eigenvalue weighted by Crippen LogP contribution is -2.23. The van der Waals surface area contributed by atoms with Gasteiger partial charge in [0.15, 0.2) is 11.6 Å². The number of ketones is 2. The van der Waals surface area contributed by atoms with Crippen LogP contribution in [0.15, 0.2) is 39.7 Å². The van der Waals surface area contributed by atoms with Gasteiger partial charge in [0.1, 0.15) is 0 Å². The number of rotatable bonds is 1. The van der Waals surface area contributed by atoms with Crippen molar-refractivity contribution in [2.24, 2.45) is 0 Å². The van der Waals surface area contributed by atoms with Crippen LogP contribution in [0.3, 0.4) is 0 Å². The van der Waals surface area contributed by atoms with Crippen LogP contribution in [0.4, 0.5) is 5.69 Å². The number of nitrogens with two attached hydrogens (primary N) is 1. The molecular formula is C14H8BrNO5S. The minimum atomic E-state index is -4.47. The highest BCUT2D eigenvalue weighted by Gasteiger charge is 2.32. The largest absolute Gasteiger partial charge is 0.397 e. The van der Waals surface area contributed by atoms with Gasteiger partial charge in [0.05, 0.1) is 16.1 Å². The molecule has 0 aliphatic heterocycles. The highest BCUT2D eigenvalue weighted by Crippen LogP contribution is 2.35. The van der Waals surface area contributed by atoms with Gasteiger partial charge in [-0.05, 0) is 46.3 Å². The van der Waals surface area contributed by atoms with Crippen molar-refractivity contribution in [1.29, 1.82) is 0 Å². The fourth-order valence-electron chi connectivity index (χ4n) is 2.38. The van der Waals surface area contributed by atoms with Crippen LogP contribution in [-0.4, -0.2) is 24.5 Å². The number of carbonyl (C=O) groups is 2. The number of halogens is 1. The summed E-state index contributed by atoms with van der Waals surface area (Å²) in [6.45, 7) is 0. The Labute approximate surface area is 133 Å². The van der Waals surface area contributed by atoms with Gasteiger partial charge >= 0.3 is 0 Å². The lowest BCUT2D eigenvalue weighted by Gasteiger charge is -2.19. The molecule has 3 rings (SSSR count). The van der Waals surface area contributed by atoms with E-state index in [2.05, 4.69) is 15.9 Å². The fraction of sp³-hybridized carbons (Fsp3) is 0. The molecule has 22 heavy (non-hydrogen) atoms. The number of anilines is 1. The summed E-state index contributed by atoms with van der Waals surface area (Å²) in [5, 5.41) is 0. The van der Waals surface area contributed by atoms with Gasteiger partial charge in [-0.1, -0.05) is 0 Å². The molecule has 0 spiro atoms. The van der Waals surface area contributed by atoms with Gasteiger partial charge < -0.3 is 5.73 Å². The average molecular weight is 382 g/mol. The number of carbonyl (C=O) groups excluding carboxylic acids is 2. The summed E-state index contributed by atoms with van der Waals surface area (Å²) in [7, 11) is -4.47. The molecule has 2 aromatic carbocycles. The van der Waals surface area contributed by atoms with E-state index < -0.39 is 26.6 Å². The van der Waals surface area contributed by atoms with E-state index in [-0.39, 0.29) is 27.9 Å². The summed E-state index contributed by atoms with van der Waals surface area (Å²) >= 11 is 3.20. The molecule has 1 aliphatic rings. The molecule has 2 aromatic rings. The molecule has 8 heteroatoms. The molecule has 3 N–H and O–H groups in total. The van der Waals surface area contributed by atoms with Crippen LogP contribution in [0.25, 0.3) is 0 Å². The van der Waals surface area contributed by atoms with Crippen molar-refractivity contribution in [2.45, 2.75) is 4.90 Å². The van der Waals surface area contributed by atoms with Gasteiger partial charge in [-0.3, -0.25) is 14.1 Å². The van der Waals surface area contributed by atoms with Crippen LogP contribution >= 0.6 is 15.9 Å². The Kier molecular flexibility index (Phi) is 3.20. The van der Waals surface area contributed by atoms with Crippen LogP contribution < -0.4 is 5.73 Å². The molecule has 0 unspecified atom stereocenters. The maximum Gasteiger partial charge on any atom is 0.294 e. The van der Waals surface area contributed by atoms with Crippen LogP contribution in [0, 0.1) is 0 Å². The molecule has 0 amide bonds. The van der Waals surface area contributed by atoms with E-state index in [0.29, 0.717) is 4.47 Å². The third kappa shape index (κ3) is 2.07. The minimum absolute atomic E-state index is 0.0506. The predicted octanol–water partition coefficient (Wildman–Crippen LogP) is 2.05. The molecule has 0 heterocycles. The average Bonchev–Trinajstić information content (AvgIpc) is 2.46. The first-order valence-electron chi connectivity index (χ1n) is 6.00. The molecule has 0 saturated heterocycles. The lowest BCUT2D eigenvalue weighted by molar-refractivity contribution is 0.0979. The van der Waals surface area contributed by atoms with Gasteiger partial charge in [-0.15, -0.1) is 0 Å².